The summed E-state index contributed by atoms with van der Waals surface area (Å²) in [6.45, 7) is 9.07. The highest BCUT2D eigenvalue weighted by Crippen LogP contribution is 2.34. The van der Waals surface area contributed by atoms with Crippen LogP contribution in [0.1, 0.15) is 56.3 Å². The maximum Gasteiger partial charge on any atom is 0.326 e. The first-order valence-electron chi connectivity index (χ1n) is 9.44. The molecule has 0 aliphatic carbocycles. The van der Waals surface area contributed by atoms with Crippen LogP contribution in [0.4, 0.5) is 0 Å². The summed E-state index contributed by atoms with van der Waals surface area (Å²) in [5.41, 5.74) is 0.396. The Morgan fingerprint density at radius 3 is 2.67 bits per heavy atom. The van der Waals surface area contributed by atoms with Crippen molar-refractivity contribution >= 4 is 23.5 Å². The number of benzene rings is 1. The van der Waals surface area contributed by atoms with Crippen molar-refractivity contribution in [1.82, 2.24) is 4.90 Å². The molecule has 0 unspecified atom stereocenters. The van der Waals surface area contributed by atoms with Gasteiger partial charge in [0, 0.05) is 17.5 Å². The number of allylic oxidation sites excluding steroid dienone is 1. The monoisotopic (exact) mass is 393 g/mol. The number of rotatable bonds is 9. The number of hydrogen-bond donors (Lipinski definition) is 1. The van der Waals surface area contributed by atoms with Gasteiger partial charge in [-0.05, 0) is 50.3 Å². The molecule has 1 heterocycles. The van der Waals surface area contributed by atoms with Crippen molar-refractivity contribution in [3.05, 3.63) is 41.4 Å². The Morgan fingerprint density at radius 1 is 1.41 bits per heavy atom. The minimum atomic E-state index is -0.968. The number of halogens is 1. The Hall–Kier alpha value is -2.01. The van der Waals surface area contributed by atoms with E-state index in [1.807, 2.05) is 6.08 Å². The summed E-state index contributed by atoms with van der Waals surface area (Å²) >= 11 is 6.34. The summed E-state index contributed by atoms with van der Waals surface area (Å²) in [6.07, 6.45) is 5.88. The normalized spacial score (nSPS) is 17.0. The molecule has 148 valence electrons. The van der Waals surface area contributed by atoms with E-state index in [2.05, 4.69) is 20.4 Å². The average Bonchev–Trinajstić information content (AvgIpc) is 3.15. The molecule has 6 heteroatoms. The highest BCUT2D eigenvalue weighted by atomic mass is 35.5. The van der Waals surface area contributed by atoms with Crippen molar-refractivity contribution in [2.24, 2.45) is 5.41 Å². The molecule has 0 radical (unpaired) electrons. The molecule has 0 aromatic heterocycles. The number of ether oxygens (including phenoxy) is 1. The molecular formula is C21H28ClNO4. The van der Waals surface area contributed by atoms with Crippen LogP contribution in [-0.2, 0) is 4.79 Å². The van der Waals surface area contributed by atoms with Gasteiger partial charge in [-0.15, -0.1) is 6.58 Å². The fourth-order valence-corrected chi connectivity index (χ4v) is 3.76. The first-order chi connectivity index (χ1) is 12.9. The van der Waals surface area contributed by atoms with E-state index in [9.17, 15) is 14.7 Å². The van der Waals surface area contributed by atoms with Crippen molar-refractivity contribution in [2.45, 2.75) is 52.0 Å². The second kappa shape index (κ2) is 9.27. The molecule has 1 aromatic rings. The molecule has 0 spiro atoms. The first kappa shape index (κ1) is 21.3. The molecule has 1 aromatic carbocycles. The van der Waals surface area contributed by atoms with E-state index >= 15 is 0 Å². The van der Waals surface area contributed by atoms with Crippen molar-refractivity contribution < 1.29 is 19.4 Å². The van der Waals surface area contributed by atoms with Crippen molar-refractivity contribution in [3.63, 3.8) is 0 Å². The fourth-order valence-electron chi connectivity index (χ4n) is 3.52. The lowest BCUT2D eigenvalue weighted by Crippen LogP contribution is -2.40. The molecule has 1 saturated heterocycles. The maximum atomic E-state index is 12.7. The number of carbonyl (C=O) groups is 2. The summed E-state index contributed by atoms with van der Waals surface area (Å²) in [6, 6.07) is 4.13. The zero-order valence-electron chi connectivity index (χ0n) is 16.0. The summed E-state index contributed by atoms with van der Waals surface area (Å²) in [4.78, 5) is 25.4. The molecule has 0 saturated carbocycles. The van der Waals surface area contributed by atoms with Gasteiger partial charge in [0.05, 0.1) is 11.6 Å². The van der Waals surface area contributed by atoms with Crippen LogP contribution in [0, 0.1) is 5.41 Å². The Morgan fingerprint density at radius 2 is 2.11 bits per heavy atom. The maximum absolute atomic E-state index is 12.7. The van der Waals surface area contributed by atoms with Crippen LogP contribution in [0.25, 0.3) is 0 Å². The van der Waals surface area contributed by atoms with Crippen LogP contribution < -0.4 is 4.74 Å². The van der Waals surface area contributed by atoms with Gasteiger partial charge >= 0.3 is 5.97 Å². The topological polar surface area (TPSA) is 66.8 Å². The molecule has 27 heavy (non-hydrogen) atoms. The molecule has 1 aliphatic rings. The van der Waals surface area contributed by atoms with Gasteiger partial charge in [-0.3, -0.25) is 4.79 Å². The standard InChI is InChI=1S/C21H28ClNO4/c1-4-11-21(5-2,6-3)14-27-18-10-9-15(13-16(18)22)19(24)23-12-7-8-17(23)20(25)26/h4,9-10,13,17H,1,5-8,11-12,14H2,2-3H3,(H,25,26)/t17-/m0/s1. The Bertz CT molecular complexity index is 699. The van der Waals surface area contributed by atoms with E-state index in [4.69, 9.17) is 16.3 Å². The van der Waals surface area contributed by atoms with Crippen LogP contribution in [0.15, 0.2) is 30.9 Å². The molecule has 1 fully saturated rings. The number of nitrogens with zero attached hydrogens (tertiary/aromatic N) is 1. The number of carboxylic acids is 1. The van der Waals surface area contributed by atoms with E-state index in [-0.39, 0.29) is 11.3 Å². The fraction of sp³-hybridized carbons (Fsp3) is 0.524. The molecule has 1 atom stereocenters. The zero-order chi connectivity index (χ0) is 20.0. The smallest absolute Gasteiger partial charge is 0.326 e. The SMILES string of the molecule is C=CCC(CC)(CC)COc1ccc(C(=O)N2CCC[C@H]2C(=O)O)cc1Cl. The van der Waals surface area contributed by atoms with E-state index in [0.29, 0.717) is 42.3 Å². The highest BCUT2D eigenvalue weighted by molar-refractivity contribution is 6.32. The largest absolute Gasteiger partial charge is 0.491 e. The molecule has 1 aliphatic heterocycles. The van der Waals surface area contributed by atoms with Crippen molar-refractivity contribution in [3.8, 4) is 5.75 Å². The third-order valence-electron chi connectivity index (χ3n) is 5.59. The second-order valence-electron chi connectivity index (χ2n) is 7.13. The Kier molecular flexibility index (Phi) is 7.31. The molecule has 1 N–H and O–H groups in total. The summed E-state index contributed by atoms with van der Waals surface area (Å²) in [7, 11) is 0. The second-order valence-corrected chi connectivity index (χ2v) is 7.54. The van der Waals surface area contributed by atoms with Crippen LogP contribution in [0.5, 0.6) is 5.75 Å². The van der Waals surface area contributed by atoms with Gasteiger partial charge in [0.2, 0.25) is 0 Å². The van der Waals surface area contributed by atoms with Gasteiger partial charge in [-0.2, -0.15) is 0 Å². The summed E-state index contributed by atoms with van der Waals surface area (Å²) < 4.78 is 5.96. The third kappa shape index (κ3) is 4.83. The predicted molar refractivity (Wildman–Crippen MR) is 106 cm³/mol. The van der Waals surface area contributed by atoms with E-state index in [1.165, 1.54) is 4.90 Å². The first-order valence-corrected chi connectivity index (χ1v) is 9.82. The third-order valence-corrected chi connectivity index (χ3v) is 5.88. The summed E-state index contributed by atoms with van der Waals surface area (Å²) in [5.74, 6) is -0.749. The lowest BCUT2D eigenvalue weighted by atomic mass is 9.80. The number of amides is 1. The van der Waals surface area contributed by atoms with Crippen LogP contribution in [0.2, 0.25) is 5.02 Å². The summed E-state index contributed by atoms with van der Waals surface area (Å²) in [5, 5.41) is 9.62. The number of carbonyl (C=O) groups excluding carboxylic acids is 1. The number of carboxylic acid groups (broad SMARTS) is 1. The number of likely N-dealkylation sites (tertiary alicyclic amines) is 1. The van der Waals surface area contributed by atoms with Crippen molar-refractivity contribution in [1.29, 1.82) is 0 Å². The minimum absolute atomic E-state index is 0.0177. The Balaban J connectivity index is 2.12. The quantitative estimate of drug-likeness (QED) is 0.612. The molecule has 2 rings (SSSR count). The van der Waals surface area contributed by atoms with Gasteiger partial charge in [0.25, 0.3) is 5.91 Å². The van der Waals surface area contributed by atoms with E-state index in [0.717, 1.165) is 19.3 Å². The van der Waals surface area contributed by atoms with Gasteiger partial charge < -0.3 is 14.7 Å². The van der Waals surface area contributed by atoms with Crippen molar-refractivity contribution in [2.75, 3.05) is 13.2 Å². The lowest BCUT2D eigenvalue weighted by molar-refractivity contribution is -0.141. The average molecular weight is 394 g/mol. The predicted octanol–water partition coefficient (Wildman–Crippen LogP) is 4.79. The molecule has 0 bridgehead atoms. The number of aliphatic carboxylic acids is 1. The van der Waals surface area contributed by atoms with Crippen LogP contribution >= 0.6 is 11.6 Å². The van der Waals surface area contributed by atoms with Gasteiger partial charge in [0.1, 0.15) is 11.8 Å². The number of hydrogen-bond acceptors (Lipinski definition) is 3. The van der Waals surface area contributed by atoms with Gasteiger partial charge in [-0.1, -0.05) is 31.5 Å². The lowest BCUT2D eigenvalue weighted by Gasteiger charge is -2.30. The van der Waals surface area contributed by atoms with E-state index < -0.39 is 12.0 Å². The van der Waals surface area contributed by atoms with E-state index in [1.54, 1.807) is 18.2 Å². The zero-order valence-corrected chi connectivity index (χ0v) is 16.8. The van der Waals surface area contributed by atoms with Gasteiger partial charge in [-0.25, -0.2) is 4.79 Å². The minimum Gasteiger partial charge on any atom is -0.491 e. The molecular weight excluding hydrogens is 366 g/mol. The molecule has 1 amide bonds. The Labute approximate surface area is 166 Å². The van der Waals surface area contributed by atoms with Gasteiger partial charge in [0.15, 0.2) is 0 Å². The van der Waals surface area contributed by atoms with Crippen LogP contribution in [-0.4, -0.2) is 41.1 Å². The van der Waals surface area contributed by atoms with Crippen LogP contribution in [0.3, 0.4) is 0 Å². The molecule has 5 nitrogen and oxygen atoms in total. The highest BCUT2D eigenvalue weighted by Gasteiger charge is 2.34.